The average molecular weight is 380 g/mol. The first-order chi connectivity index (χ1) is 13.2. The molecule has 3 aromatic rings. The summed E-state index contributed by atoms with van der Waals surface area (Å²) in [6.45, 7) is 5.34. The molecule has 0 bridgehead atoms. The van der Waals surface area contributed by atoms with Gasteiger partial charge in [0.2, 0.25) is 5.91 Å². The number of carbonyl (C=O) groups excluding carboxylic acids is 1. The minimum Gasteiger partial charge on any atom is -0.384 e. The molecule has 1 aliphatic rings. The zero-order valence-corrected chi connectivity index (χ0v) is 15.9. The number of fused-ring (bicyclic) bond motifs is 1. The number of nitrogens with one attached hydrogen (secondary N) is 1. The van der Waals surface area contributed by atoms with E-state index in [0.29, 0.717) is 11.5 Å². The summed E-state index contributed by atoms with van der Waals surface area (Å²) in [7, 11) is 0. The van der Waals surface area contributed by atoms with Gasteiger partial charge in [-0.15, -0.1) is 0 Å². The van der Waals surface area contributed by atoms with Crippen LogP contribution in [0.15, 0.2) is 36.8 Å². The molecule has 2 N–H and O–H groups in total. The molecule has 3 heterocycles. The molecule has 1 saturated carbocycles. The summed E-state index contributed by atoms with van der Waals surface area (Å²) in [5.74, 6) is -0.503. The molecule has 0 spiro atoms. The van der Waals surface area contributed by atoms with Crippen molar-refractivity contribution < 1.29 is 14.3 Å². The van der Waals surface area contributed by atoms with Gasteiger partial charge in [0.25, 0.3) is 0 Å². The third kappa shape index (κ3) is 3.57. The van der Waals surface area contributed by atoms with Crippen LogP contribution in [0, 0.1) is 12.8 Å². The maximum Gasteiger partial charge on any atom is 0.231 e. The molecule has 28 heavy (non-hydrogen) atoms. The molecular formula is C21H21FN4O2. The van der Waals surface area contributed by atoms with Crippen LogP contribution < -0.4 is 5.32 Å². The topological polar surface area (TPSA) is 88.0 Å². The molecule has 0 aromatic carbocycles. The lowest BCUT2D eigenvalue weighted by Gasteiger charge is -2.18. The summed E-state index contributed by atoms with van der Waals surface area (Å²) in [5.41, 5.74) is 2.17. The fourth-order valence-electron chi connectivity index (χ4n) is 3.07. The summed E-state index contributed by atoms with van der Waals surface area (Å²) in [5, 5.41) is 14.5. The second kappa shape index (κ2) is 6.60. The van der Waals surface area contributed by atoms with Gasteiger partial charge in [-0.3, -0.25) is 14.8 Å². The number of alkyl halides is 1. The van der Waals surface area contributed by atoms with Gasteiger partial charge in [0, 0.05) is 34.9 Å². The van der Waals surface area contributed by atoms with E-state index in [4.69, 9.17) is 0 Å². The quantitative estimate of drug-likeness (QED) is 0.723. The summed E-state index contributed by atoms with van der Waals surface area (Å²) in [4.78, 5) is 25.0. The van der Waals surface area contributed by atoms with E-state index in [0.717, 1.165) is 27.6 Å². The van der Waals surface area contributed by atoms with E-state index < -0.39 is 17.7 Å². The molecule has 0 radical (unpaired) electrons. The molecule has 7 heteroatoms. The molecule has 3 aromatic heterocycles. The Morgan fingerprint density at radius 3 is 2.46 bits per heavy atom. The smallest absolute Gasteiger partial charge is 0.231 e. The average Bonchev–Trinajstić information content (AvgIpc) is 3.37. The van der Waals surface area contributed by atoms with Crippen molar-refractivity contribution in [2.24, 2.45) is 5.92 Å². The van der Waals surface area contributed by atoms with Gasteiger partial charge in [-0.2, -0.15) is 0 Å². The van der Waals surface area contributed by atoms with Crippen molar-refractivity contribution in [1.82, 2.24) is 15.0 Å². The number of amides is 1. The van der Waals surface area contributed by atoms with Crippen LogP contribution >= 0.6 is 0 Å². The Labute approximate surface area is 161 Å². The molecule has 4 rings (SSSR count). The maximum absolute atomic E-state index is 13.0. The van der Waals surface area contributed by atoms with Crippen LogP contribution in [0.1, 0.15) is 31.5 Å². The zero-order chi connectivity index (χ0) is 20.1. The van der Waals surface area contributed by atoms with E-state index in [1.54, 1.807) is 38.5 Å². The molecule has 0 aliphatic heterocycles. The first-order valence-corrected chi connectivity index (χ1v) is 9.13. The van der Waals surface area contributed by atoms with Gasteiger partial charge >= 0.3 is 0 Å². The van der Waals surface area contributed by atoms with Crippen LogP contribution in [0.2, 0.25) is 0 Å². The van der Waals surface area contributed by atoms with Gasteiger partial charge in [0.05, 0.1) is 17.3 Å². The number of hydrogen-bond donors (Lipinski definition) is 2. The Morgan fingerprint density at radius 2 is 1.82 bits per heavy atom. The van der Waals surface area contributed by atoms with Gasteiger partial charge in [-0.1, -0.05) is 0 Å². The lowest BCUT2D eigenvalue weighted by atomic mass is 9.99. The van der Waals surface area contributed by atoms with Gasteiger partial charge in [-0.05, 0) is 51.0 Å². The van der Waals surface area contributed by atoms with E-state index in [2.05, 4.69) is 20.3 Å². The number of aryl methyl sites for hydroxylation is 1. The summed E-state index contributed by atoms with van der Waals surface area (Å²) >= 11 is 0. The van der Waals surface area contributed by atoms with Crippen LogP contribution in [0.4, 0.5) is 10.2 Å². The monoisotopic (exact) mass is 380 g/mol. The molecule has 1 fully saturated rings. The third-order valence-electron chi connectivity index (χ3n) is 4.92. The maximum atomic E-state index is 13.0. The predicted molar refractivity (Wildman–Crippen MR) is 104 cm³/mol. The van der Waals surface area contributed by atoms with Crippen LogP contribution in [0.5, 0.6) is 0 Å². The highest BCUT2D eigenvalue weighted by Crippen LogP contribution is 2.34. The first kappa shape index (κ1) is 18.4. The largest absolute Gasteiger partial charge is 0.384 e. The first-order valence-electron chi connectivity index (χ1n) is 9.13. The molecule has 2 atom stereocenters. The van der Waals surface area contributed by atoms with Crippen molar-refractivity contribution >= 4 is 22.5 Å². The number of nitrogens with zero attached hydrogens (tertiary/aromatic N) is 3. The predicted octanol–water partition coefficient (Wildman–Crippen LogP) is 3.52. The summed E-state index contributed by atoms with van der Waals surface area (Å²) < 4.78 is 13.0. The van der Waals surface area contributed by atoms with Gasteiger partial charge < -0.3 is 10.4 Å². The van der Waals surface area contributed by atoms with Gasteiger partial charge in [0.15, 0.2) is 0 Å². The summed E-state index contributed by atoms with van der Waals surface area (Å²) in [6, 6.07) is 5.48. The lowest BCUT2D eigenvalue weighted by molar-refractivity contribution is -0.117. The SMILES string of the molecule is Cc1cc(C(C)(C)O)ncc1-c1cc2cnc(NC(=O)C3CC3F)cc2cn1. The Hall–Kier alpha value is -2.93. The van der Waals surface area contributed by atoms with E-state index in [1.165, 1.54) is 0 Å². The molecule has 2 unspecified atom stereocenters. The van der Waals surface area contributed by atoms with Crippen LogP contribution in [0.25, 0.3) is 22.0 Å². The number of carbonyl (C=O) groups is 1. The van der Waals surface area contributed by atoms with E-state index in [9.17, 15) is 14.3 Å². The van der Waals surface area contributed by atoms with Crippen molar-refractivity contribution in [3.05, 3.63) is 48.0 Å². The van der Waals surface area contributed by atoms with Crippen molar-refractivity contribution in [1.29, 1.82) is 0 Å². The second-order valence-electron chi connectivity index (χ2n) is 7.78. The highest BCUT2D eigenvalue weighted by molar-refractivity contribution is 5.96. The van der Waals surface area contributed by atoms with Crippen molar-refractivity contribution in [2.75, 3.05) is 5.32 Å². The lowest BCUT2D eigenvalue weighted by Crippen LogP contribution is -2.17. The molecule has 6 nitrogen and oxygen atoms in total. The van der Waals surface area contributed by atoms with Gasteiger partial charge in [0.1, 0.15) is 17.6 Å². The Kier molecular flexibility index (Phi) is 4.34. The number of hydrogen-bond acceptors (Lipinski definition) is 5. The standard InChI is InChI=1S/C21H21FN4O2/c1-11-4-18(21(2,3)28)24-10-15(11)17-5-12-9-25-19(6-13(12)8-23-17)26-20(27)14-7-16(14)22/h4-6,8-10,14,16,28H,7H2,1-3H3,(H,25,26,27). The van der Waals surface area contributed by atoms with Crippen LogP contribution in [-0.2, 0) is 10.4 Å². The normalized spacial score (nSPS) is 18.9. The minimum absolute atomic E-state index is 0.282. The highest BCUT2D eigenvalue weighted by atomic mass is 19.1. The molecule has 144 valence electrons. The molecule has 0 saturated heterocycles. The second-order valence-corrected chi connectivity index (χ2v) is 7.78. The minimum atomic E-state index is -1.04. The number of anilines is 1. The van der Waals surface area contributed by atoms with E-state index in [1.807, 2.05) is 19.1 Å². The molecule has 1 aliphatic carbocycles. The van der Waals surface area contributed by atoms with Crippen LogP contribution in [-0.4, -0.2) is 32.1 Å². The van der Waals surface area contributed by atoms with E-state index in [-0.39, 0.29) is 12.3 Å². The Bertz CT molecular complexity index is 1080. The number of pyridine rings is 3. The van der Waals surface area contributed by atoms with Crippen LogP contribution in [0.3, 0.4) is 0 Å². The number of halogens is 1. The third-order valence-corrected chi connectivity index (χ3v) is 4.92. The molecule has 1 amide bonds. The van der Waals surface area contributed by atoms with Gasteiger partial charge in [-0.25, -0.2) is 9.37 Å². The molecular weight excluding hydrogens is 359 g/mol. The van der Waals surface area contributed by atoms with Crippen molar-refractivity contribution in [3.63, 3.8) is 0 Å². The van der Waals surface area contributed by atoms with E-state index >= 15 is 0 Å². The van der Waals surface area contributed by atoms with Crippen molar-refractivity contribution in [3.8, 4) is 11.3 Å². The van der Waals surface area contributed by atoms with Crippen molar-refractivity contribution in [2.45, 2.75) is 39.0 Å². The zero-order valence-electron chi connectivity index (χ0n) is 15.9. The number of aromatic nitrogens is 3. The number of rotatable bonds is 4. The fourth-order valence-corrected chi connectivity index (χ4v) is 3.07. The number of aliphatic hydroxyl groups is 1. The highest BCUT2D eigenvalue weighted by Gasteiger charge is 2.43. The fraction of sp³-hybridized carbons (Fsp3) is 0.333. The summed E-state index contributed by atoms with van der Waals surface area (Å²) in [6.07, 6.45) is 4.32. The Balaban J connectivity index is 1.61. The Morgan fingerprint density at radius 1 is 1.14 bits per heavy atom.